The first kappa shape index (κ1) is 16.7. The van der Waals surface area contributed by atoms with Crippen LogP contribution in [-0.4, -0.2) is 5.91 Å². The van der Waals surface area contributed by atoms with E-state index in [1.54, 1.807) is 0 Å². The van der Waals surface area contributed by atoms with Crippen LogP contribution in [0.15, 0.2) is 72.8 Å². The van der Waals surface area contributed by atoms with Crippen LogP contribution in [0.1, 0.15) is 35.6 Å². The highest BCUT2D eigenvalue weighted by atomic mass is 35.5. The number of carbonyl (C=O) groups is 1. The molecular weight excluding hydrogens is 346 g/mol. The molecule has 3 aromatic rings. The lowest BCUT2D eigenvalue weighted by atomic mass is 9.87. The van der Waals surface area contributed by atoms with Crippen molar-refractivity contribution in [2.75, 3.05) is 0 Å². The van der Waals surface area contributed by atoms with Gasteiger partial charge in [-0.2, -0.15) is 0 Å². The Bertz CT molecular complexity index is 907. The van der Waals surface area contributed by atoms with Gasteiger partial charge in [0.05, 0.1) is 12.0 Å². The number of amides is 1. The van der Waals surface area contributed by atoms with Crippen LogP contribution in [0.4, 0.5) is 0 Å². The fraction of sp³-hybridized carbons (Fsp3) is 0.136. The molecule has 26 heavy (non-hydrogen) atoms. The summed E-state index contributed by atoms with van der Waals surface area (Å²) in [5.74, 6) is 1.01. The molecule has 0 bridgehead atoms. The van der Waals surface area contributed by atoms with E-state index in [4.69, 9.17) is 16.3 Å². The number of hydrogen-bond acceptors (Lipinski definition) is 2. The topological polar surface area (TPSA) is 38.3 Å². The number of nitrogens with one attached hydrogen (secondary N) is 1. The molecule has 0 saturated heterocycles. The quantitative estimate of drug-likeness (QED) is 0.671. The third-order valence-electron chi connectivity index (χ3n) is 4.67. The van der Waals surface area contributed by atoms with Crippen LogP contribution in [0.2, 0.25) is 5.02 Å². The summed E-state index contributed by atoms with van der Waals surface area (Å²) in [6, 6.07) is 22.8. The van der Waals surface area contributed by atoms with Crippen molar-refractivity contribution < 1.29 is 9.53 Å². The highest BCUT2D eigenvalue weighted by Gasteiger charge is 2.32. The van der Waals surface area contributed by atoms with E-state index in [0.717, 1.165) is 28.2 Å². The Hall–Kier alpha value is -2.78. The van der Waals surface area contributed by atoms with E-state index in [1.165, 1.54) is 0 Å². The third-order valence-corrected chi connectivity index (χ3v) is 4.92. The van der Waals surface area contributed by atoms with Crippen molar-refractivity contribution in [2.45, 2.75) is 18.9 Å². The first-order chi connectivity index (χ1) is 12.6. The number of benzene rings is 3. The lowest BCUT2D eigenvalue weighted by molar-refractivity contribution is -0.122. The van der Waals surface area contributed by atoms with E-state index in [1.807, 2.05) is 79.7 Å². The van der Waals surface area contributed by atoms with Crippen molar-refractivity contribution in [1.29, 1.82) is 0 Å². The highest BCUT2D eigenvalue weighted by molar-refractivity contribution is 6.30. The maximum absolute atomic E-state index is 13.2. The van der Waals surface area contributed by atoms with Crippen LogP contribution in [0, 0.1) is 0 Å². The number of ether oxygens (including phenoxy) is 1. The molecule has 0 saturated carbocycles. The maximum Gasteiger partial charge on any atom is 0.232 e. The zero-order valence-corrected chi connectivity index (χ0v) is 15.0. The van der Waals surface area contributed by atoms with Gasteiger partial charge in [-0.05, 0) is 36.8 Å². The van der Waals surface area contributed by atoms with Crippen LogP contribution in [0.25, 0.3) is 0 Å². The van der Waals surface area contributed by atoms with Gasteiger partial charge in [0.15, 0.2) is 0 Å². The van der Waals surface area contributed by atoms with Gasteiger partial charge in [-0.15, -0.1) is 0 Å². The van der Waals surface area contributed by atoms with Gasteiger partial charge in [0.1, 0.15) is 11.5 Å². The fourth-order valence-electron chi connectivity index (χ4n) is 3.32. The van der Waals surface area contributed by atoms with E-state index >= 15 is 0 Å². The molecule has 1 atom stereocenters. The molecule has 1 amide bonds. The number of fused-ring (bicyclic) bond motifs is 2. The number of carbonyl (C=O) groups excluding carboxylic acids is 1. The van der Waals surface area contributed by atoms with Crippen molar-refractivity contribution >= 4 is 17.5 Å². The molecule has 1 heterocycles. The van der Waals surface area contributed by atoms with Crippen molar-refractivity contribution in [3.63, 3.8) is 0 Å². The molecule has 0 fully saturated rings. The zero-order valence-electron chi connectivity index (χ0n) is 14.3. The summed E-state index contributed by atoms with van der Waals surface area (Å²) in [6.45, 7) is 1.97. The maximum atomic E-state index is 13.2. The standard InChI is InChI=1S/C22H18ClNO2/c1-14(15-10-12-16(23)13-11-15)24-22(25)21-17-6-2-4-8-19(17)26-20-9-5-3-7-18(20)21/h2-14,21H,1H3,(H,24,25)/t14-/m0/s1. The molecule has 130 valence electrons. The molecule has 4 heteroatoms. The monoisotopic (exact) mass is 363 g/mol. The van der Waals surface area contributed by atoms with E-state index < -0.39 is 5.92 Å². The average Bonchev–Trinajstić information content (AvgIpc) is 2.66. The van der Waals surface area contributed by atoms with Gasteiger partial charge < -0.3 is 10.1 Å². The predicted molar refractivity (Wildman–Crippen MR) is 103 cm³/mol. The molecule has 0 aromatic heterocycles. The fourth-order valence-corrected chi connectivity index (χ4v) is 3.45. The van der Waals surface area contributed by atoms with Gasteiger partial charge in [-0.1, -0.05) is 60.1 Å². The summed E-state index contributed by atoms with van der Waals surface area (Å²) in [5.41, 5.74) is 2.77. The number of hydrogen-bond donors (Lipinski definition) is 1. The summed E-state index contributed by atoms with van der Waals surface area (Å²) < 4.78 is 5.97. The lowest BCUT2D eigenvalue weighted by Gasteiger charge is -2.28. The lowest BCUT2D eigenvalue weighted by Crippen LogP contribution is -2.33. The Morgan fingerprint density at radius 1 is 0.923 bits per heavy atom. The molecule has 0 aliphatic carbocycles. The SMILES string of the molecule is C[C@H](NC(=O)C1c2ccccc2Oc2ccccc21)c1ccc(Cl)cc1. The smallest absolute Gasteiger partial charge is 0.232 e. The van der Waals surface area contributed by atoms with Crippen molar-refractivity contribution in [3.8, 4) is 11.5 Å². The Morgan fingerprint density at radius 3 is 2.04 bits per heavy atom. The summed E-state index contributed by atoms with van der Waals surface area (Å²) in [4.78, 5) is 13.2. The summed E-state index contributed by atoms with van der Waals surface area (Å²) in [6.07, 6.45) is 0. The minimum atomic E-state index is -0.397. The number of para-hydroxylation sites is 2. The highest BCUT2D eigenvalue weighted by Crippen LogP contribution is 2.44. The van der Waals surface area contributed by atoms with Gasteiger partial charge in [-0.3, -0.25) is 4.79 Å². The largest absolute Gasteiger partial charge is 0.457 e. The first-order valence-corrected chi connectivity index (χ1v) is 8.93. The summed E-state index contributed by atoms with van der Waals surface area (Å²) in [5, 5.41) is 3.81. The van der Waals surface area contributed by atoms with Crippen LogP contribution < -0.4 is 10.1 Å². The number of halogens is 1. The van der Waals surface area contributed by atoms with Gasteiger partial charge in [-0.25, -0.2) is 0 Å². The van der Waals surface area contributed by atoms with Crippen LogP contribution >= 0.6 is 11.6 Å². The predicted octanol–water partition coefficient (Wildman–Crippen LogP) is 5.46. The number of rotatable bonds is 3. The average molecular weight is 364 g/mol. The van der Waals surface area contributed by atoms with Crippen LogP contribution in [0.5, 0.6) is 11.5 Å². The molecule has 3 aromatic carbocycles. The van der Waals surface area contributed by atoms with Crippen molar-refractivity contribution in [2.24, 2.45) is 0 Å². The van der Waals surface area contributed by atoms with Gasteiger partial charge in [0.2, 0.25) is 5.91 Å². The zero-order chi connectivity index (χ0) is 18.1. The first-order valence-electron chi connectivity index (χ1n) is 8.55. The van der Waals surface area contributed by atoms with Crippen molar-refractivity contribution in [1.82, 2.24) is 5.32 Å². The minimum absolute atomic E-state index is 0.0457. The molecule has 1 N–H and O–H groups in total. The second-order valence-electron chi connectivity index (χ2n) is 6.39. The Kier molecular flexibility index (Phi) is 4.39. The molecule has 4 rings (SSSR count). The molecule has 0 spiro atoms. The van der Waals surface area contributed by atoms with Gasteiger partial charge in [0.25, 0.3) is 0 Å². The molecule has 1 aliphatic heterocycles. The normalized spacial score (nSPS) is 13.9. The Balaban J connectivity index is 1.66. The summed E-state index contributed by atoms with van der Waals surface area (Å²) >= 11 is 5.96. The molecule has 3 nitrogen and oxygen atoms in total. The molecule has 1 aliphatic rings. The Labute approximate surface area is 157 Å². The molecule has 0 radical (unpaired) electrons. The third kappa shape index (κ3) is 3.06. The van der Waals surface area contributed by atoms with E-state index in [-0.39, 0.29) is 11.9 Å². The van der Waals surface area contributed by atoms with Crippen LogP contribution in [0.3, 0.4) is 0 Å². The van der Waals surface area contributed by atoms with E-state index in [0.29, 0.717) is 5.02 Å². The molecular formula is C22H18ClNO2. The van der Waals surface area contributed by atoms with Gasteiger partial charge >= 0.3 is 0 Å². The van der Waals surface area contributed by atoms with E-state index in [9.17, 15) is 4.79 Å². The van der Waals surface area contributed by atoms with Gasteiger partial charge in [0, 0.05) is 16.1 Å². The van der Waals surface area contributed by atoms with Crippen molar-refractivity contribution in [3.05, 3.63) is 94.5 Å². The Morgan fingerprint density at radius 2 is 1.46 bits per heavy atom. The van der Waals surface area contributed by atoms with E-state index in [2.05, 4.69) is 5.32 Å². The minimum Gasteiger partial charge on any atom is -0.457 e. The van der Waals surface area contributed by atoms with Crippen LogP contribution in [-0.2, 0) is 4.79 Å². The summed E-state index contributed by atoms with van der Waals surface area (Å²) in [7, 11) is 0. The second kappa shape index (κ2) is 6.85. The second-order valence-corrected chi connectivity index (χ2v) is 6.83. The molecule has 0 unspecified atom stereocenters.